The lowest BCUT2D eigenvalue weighted by Crippen LogP contribution is -2.15. The van der Waals surface area contributed by atoms with Crippen LogP contribution in [0.2, 0.25) is 0 Å². The molecule has 1 aromatic carbocycles. The molecule has 0 spiro atoms. The van der Waals surface area contributed by atoms with Crippen molar-refractivity contribution in [1.29, 1.82) is 0 Å². The Kier molecular flexibility index (Phi) is 4.94. The molecule has 6 nitrogen and oxygen atoms in total. The molecule has 1 aliphatic heterocycles. The van der Waals surface area contributed by atoms with Gasteiger partial charge < -0.3 is 19.5 Å². The third-order valence-corrected chi connectivity index (χ3v) is 4.97. The average molecular weight is 361 g/mol. The summed E-state index contributed by atoms with van der Waals surface area (Å²) in [4.78, 5) is 26.1. The lowest BCUT2D eigenvalue weighted by Gasteiger charge is -2.09. The number of hydrogen-bond donors (Lipinski definition) is 1. The lowest BCUT2D eigenvalue weighted by atomic mass is 10.1. The first-order valence-corrected chi connectivity index (χ1v) is 8.87. The molecule has 3 rings (SSSR count). The van der Waals surface area contributed by atoms with Crippen molar-refractivity contribution in [2.24, 2.45) is 0 Å². The zero-order valence-corrected chi connectivity index (χ0v) is 15.1. The molecule has 1 aliphatic rings. The Labute approximate surface area is 149 Å². The number of thiophene rings is 1. The van der Waals surface area contributed by atoms with Crippen LogP contribution in [0, 0.1) is 6.92 Å². The molecular formula is C18H19NO5S. The van der Waals surface area contributed by atoms with Crippen molar-refractivity contribution in [2.75, 3.05) is 18.7 Å². The van der Waals surface area contributed by atoms with Gasteiger partial charge in [-0.15, -0.1) is 11.3 Å². The van der Waals surface area contributed by atoms with E-state index >= 15 is 0 Å². The lowest BCUT2D eigenvalue weighted by molar-refractivity contribution is 0.0527. The van der Waals surface area contributed by atoms with Gasteiger partial charge in [0, 0.05) is 4.88 Å². The van der Waals surface area contributed by atoms with Gasteiger partial charge in [-0.3, -0.25) is 4.79 Å². The number of carbonyl (C=O) groups excluding carboxylic acids is 2. The molecule has 0 aliphatic carbocycles. The Morgan fingerprint density at radius 2 is 2.08 bits per heavy atom. The topological polar surface area (TPSA) is 73.9 Å². The summed E-state index contributed by atoms with van der Waals surface area (Å²) >= 11 is 1.37. The number of anilines is 1. The van der Waals surface area contributed by atoms with Crippen molar-refractivity contribution in [1.82, 2.24) is 0 Å². The minimum absolute atomic E-state index is 0.0891. The van der Waals surface area contributed by atoms with Crippen LogP contribution in [0.1, 0.15) is 45.0 Å². The molecular weight excluding hydrogens is 342 g/mol. The van der Waals surface area contributed by atoms with E-state index in [4.69, 9.17) is 14.2 Å². The Balaban J connectivity index is 1.94. The van der Waals surface area contributed by atoms with E-state index in [0.29, 0.717) is 34.0 Å². The highest BCUT2D eigenvalue weighted by Gasteiger charge is 2.26. The molecule has 0 radical (unpaired) electrons. The number of amides is 1. The van der Waals surface area contributed by atoms with Gasteiger partial charge in [0.15, 0.2) is 11.5 Å². The molecule has 7 heteroatoms. The number of aryl methyl sites for hydroxylation is 1. The Morgan fingerprint density at radius 1 is 1.28 bits per heavy atom. The minimum atomic E-state index is -0.420. The molecule has 2 heterocycles. The summed E-state index contributed by atoms with van der Waals surface area (Å²) in [6, 6.07) is 5.13. The molecule has 0 bridgehead atoms. The SMILES string of the molecule is CCOC(=O)c1c(NC(=O)c2cccc3c2OCO3)sc(C)c1CC. The Bertz CT molecular complexity index is 827. The van der Waals surface area contributed by atoms with Crippen molar-refractivity contribution >= 4 is 28.2 Å². The van der Waals surface area contributed by atoms with Crippen LogP contribution in [0.4, 0.5) is 5.00 Å². The first-order chi connectivity index (χ1) is 12.1. The van der Waals surface area contributed by atoms with Gasteiger partial charge in [0.2, 0.25) is 6.79 Å². The number of fused-ring (bicyclic) bond motifs is 1. The van der Waals surface area contributed by atoms with Crippen LogP contribution in [0.5, 0.6) is 11.5 Å². The third kappa shape index (κ3) is 3.19. The molecule has 0 atom stereocenters. The van der Waals surface area contributed by atoms with Gasteiger partial charge in [0.25, 0.3) is 5.91 Å². The smallest absolute Gasteiger partial charge is 0.341 e. The first kappa shape index (κ1) is 17.3. The zero-order chi connectivity index (χ0) is 18.0. The van der Waals surface area contributed by atoms with Crippen LogP contribution >= 0.6 is 11.3 Å². The minimum Gasteiger partial charge on any atom is -0.462 e. The molecule has 25 heavy (non-hydrogen) atoms. The fourth-order valence-electron chi connectivity index (χ4n) is 2.79. The van der Waals surface area contributed by atoms with Crippen LogP contribution in [0.3, 0.4) is 0 Å². The summed E-state index contributed by atoms with van der Waals surface area (Å²) < 4.78 is 15.8. The molecule has 0 saturated heterocycles. The van der Waals surface area contributed by atoms with Gasteiger partial charge in [0.05, 0.1) is 17.7 Å². The summed E-state index contributed by atoms with van der Waals surface area (Å²) in [5, 5.41) is 3.33. The number of hydrogen-bond acceptors (Lipinski definition) is 6. The molecule has 1 aromatic heterocycles. The van der Waals surface area contributed by atoms with E-state index < -0.39 is 5.97 Å². The number of rotatable bonds is 5. The molecule has 132 valence electrons. The predicted octanol–water partition coefficient (Wildman–Crippen LogP) is 3.78. The number of benzene rings is 1. The number of ether oxygens (including phenoxy) is 3. The van der Waals surface area contributed by atoms with Crippen LogP contribution in [-0.2, 0) is 11.2 Å². The van der Waals surface area contributed by atoms with E-state index in [2.05, 4.69) is 5.32 Å². The fourth-order valence-corrected chi connectivity index (χ4v) is 3.92. The van der Waals surface area contributed by atoms with Crippen molar-refractivity contribution in [3.63, 3.8) is 0 Å². The van der Waals surface area contributed by atoms with Gasteiger partial charge in [-0.2, -0.15) is 0 Å². The highest BCUT2D eigenvalue weighted by molar-refractivity contribution is 7.16. The van der Waals surface area contributed by atoms with Crippen molar-refractivity contribution < 1.29 is 23.8 Å². The molecule has 0 fully saturated rings. The Hall–Kier alpha value is -2.54. The second-order valence-electron chi connectivity index (χ2n) is 5.41. The average Bonchev–Trinajstić information content (AvgIpc) is 3.18. The quantitative estimate of drug-likeness (QED) is 0.821. The summed E-state index contributed by atoms with van der Waals surface area (Å²) in [6.07, 6.45) is 0.685. The largest absolute Gasteiger partial charge is 0.462 e. The van der Waals surface area contributed by atoms with E-state index in [1.165, 1.54) is 11.3 Å². The monoisotopic (exact) mass is 361 g/mol. The van der Waals surface area contributed by atoms with E-state index in [0.717, 1.165) is 10.4 Å². The third-order valence-electron chi connectivity index (χ3n) is 3.91. The normalized spacial score (nSPS) is 12.1. The van der Waals surface area contributed by atoms with Crippen molar-refractivity contribution in [2.45, 2.75) is 27.2 Å². The number of esters is 1. The summed E-state index contributed by atoms with van der Waals surface area (Å²) in [6.45, 7) is 6.02. The van der Waals surface area contributed by atoms with Gasteiger partial charge >= 0.3 is 5.97 Å². The van der Waals surface area contributed by atoms with Gasteiger partial charge in [-0.05, 0) is 38.0 Å². The van der Waals surface area contributed by atoms with Crippen molar-refractivity contribution in [3.8, 4) is 11.5 Å². The van der Waals surface area contributed by atoms with Crippen LogP contribution in [0.15, 0.2) is 18.2 Å². The molecule has 1 N–H and O–H groups in total. The van der Waals surface area contributed by atoms with Gasteiger partial charge in [0.1, 0.15) is 5.00 Å². The highest BCUT2D eigenvalue weighted by atomic mass is 32.1. The van der Waals surface area contributed by atoms with E-state index in [1.54, 1.807) is 25.1 Å². The maximum Gasteiger partial charge on any atom is 0.341 e. The van der Waals surface area contributed by atoms with Crippen LogP contribution < -0.4 is 14.8 Å². The van der Waals surface area contributed by atoms with Gasteiger partial charge in [-0.1, -0.05) is 13.0 Å². The predicted molar refractivity (Wildman–Crippen MR) is 94.9 cm³/mol. The Morgan fingerprint density at radius 3 is 2.80 bits per heavy atom. The van der Waals surface area contributed by atoms with E-state index in [9.17, 15) is 9.59 Å². The molecule has 0 saturated carbocycles. The first-order valence-electron chi connectivity index (χ1n) is 8.06. The van der Waals surface area contributed by atoms with E-state index in [-0.39, 0.29) is 19.3 Å². The second-order valence-corrected chi connectivity index (χ2v) is 6.63. The highest BCUT2D eigenvalue weighted by Crippen LogP contribution is 2.38. The van der Waals surface area contributed by atoms with Crippen LogP contribution in [0.25, 0.3) is 0 Å². The standard InChI is InChI=1S/C18H19NO5S/c1-4-11-10(3)25-17(14(11)18(21)22-5-2)19-16(20)12-7-6-8-13-15(12)24-9-23-13/h6-8H,4-5,9H2,1-3H3,(H,19,20). The fraction of sp³-hybridized carbons (Fsp3) is 0.333. The van der Waals surface area contributed by atoms with Crippen LogP contribution in [-0.4, -0.2) is 25.3 Å². The maximum atomic E-state index is 12.7. The molecule has 0 unspecified atom stereocenters. The maximum absolute atomic E-state index is 12.7. The molecule has 1 amide bonds. The summed E-state index contributed by atoms with van der Waals surface area (Å²) in [5.41, 5.74) is 1.70. The summed E-state index contributed by atoms with van der Waals surface area (Å²) in [5.74, 6) is 0.185. The molecule has 2 aromatic rings. The van der Waals surface area contributed by atoms with Crippen molar-refractivity contribution in [3.05, 3.63) is 39.8 Å². The zero-order valence-electron chi connectivity index (χ0n) is 14.3. The van der Waals surface area contributed by atoms with E-state index in [1.807, 2.05) is 13.8 Å². The second kappa shape index (κ2) is 7.14. The van der Waals surface area contributed by atoms with Gasteiger partial charge in [-0.25, -0.2) is 4.79 Å². The number of para-hydroxylation sites is 1. The number of nitrogens with one attached hydrogen (secondary N) is 1. The number of carbonyl (C=O) groups is 2. The summed E-state index contributed by atoms with van der Waals surface area (Å²) in [7, 11) is 0.